The van der Waals surface area contributed by atoms with Gasteiger partial charge in [0.05, 0.1) is 5.92 Å². The summed E-state index contributed by atoms with van der Waals surface area (Å²) in [6, 6.07) is 11.8. The van der Waals surface area contributed by atoms with Gasteiger partial charge in [-0.3, -0.25) is 4.79 Å². The second-order valence-electron chi connectivity index (χ2n) is 4.21. The maximum atomic E-state index is 13.6. The van der Waals surface area contributed by atoms with Crippen LogP contribution in [0, 0.1) is 11.6 Å². The summed E-state index contributed by atoms with van der Waals surface area (Å²) < 4.78 is 26.8. The molecule has 0 heterocycles. The molecule has 0 bridgehead atoms. The van der Waals surface area contributed by atoms with E-state index >= 15 is 0 Å². The Morgan fingerprint density at radius 2 is 1.84 bits per heavy atom. The molecule has 0 aliphatic heterocycles. The minimum absolute atomic E-state index is 0.110. The lowest BCUT2D eigenvalue weighted by atomic mass is 9.93. The van der Waals surface area contributed by atoms with Crippen molar-refractivity contribution in [1.82, 2.24) is 0 Å². The maximum Gasteiger partial charge on any atom is 0.229 e. The van der Waals surface area contributed by atoms with Gasteiger partial charge in [0.25, 0.3) is 0 Å². The van der Waals surface area contributed by atoms with Crippen LogP contribution in [0.2, 0.25) is 0 Å². The van der Waals surface area contributed by atoms with E-state index in [0.717, 1.165) is 0 Å². The smallest absolute Gasteiger partial charge is 0.229 e. The normalized spacial score (nSPS) is 12.2. The van der Waals surface area contributed by atoms with E-state index in [1.54, 1.807) is 24.3 Å². The number of hydrogen-bond acceptors (Lipinski definition) is 1. The van der Waals surface area contributed by atoms with Gasteiger partial charge in [0, 0.05) is 0 Å². The minimum atomic E-state index is -0.755. The van der Waals surface area contributed by atoms with Crippen LogP contribution >= 0.6 is 11.6 Å². The number of halogens is 3. The summed E-state index contributed by atoms with van der Waals surface area (Å²) >= 11 is 5.55. The number of rotatable bonds is 4. The van der Waals surface area contributed by atoms with Gasteiger partial charge in [-0.1, -0.05) is 30.3 Å². The molecule has 19 heavy (non-hydrogen) atoms. The Bertz CT molecular complexity index is 598. The van der Waals surface area contributed by atoms with Crippen molar-refractivity contribution in [1.29, 1.82) is 0 Å². The van der Waals surface area contributed by atoms with E-state index in [0.29, 0.717) is 11.1 Å². The highest BCUT2D eigenvalue weighted by atomic mass is 35.5. The number of benzene rings is 2. The van der Waals surface area contributed by atoms with Gasteiger partial charge >= 0.3 is 0 Å². The molecule has 0 N–H and O–H groups in total. The molecular weight excluding hydrogens is 270 g/mol. The molecule has 1 unspecified atom stereocenters. The first-order chi connectivity index (χ1) is 9.08. The molecule has 98 valence electrons. The number of carbonyl (C=O) groups excluding carboxylic acids is 1. The zero-order valence-corrected chi connectivity index (χ0v) is 10.7. The molecule has 0 spiro atoms. The van der Waals surface area contributed by atoms with Crippen molar-refractivity contribution < 1.29 is 13.6 Å². The summed E-state index contributed by atoms with van der Waals surface area (Å²) in [6.45, 7) is 0. The largest absolute Gasteiger partial charge is 0.281 e. The van der Waals surface area contributed by atoms with Crippen LogP contribution in [0.4, 0.5) is 8.78 Å². The summed E-state index contributed by atoms with van der Waals surface area (Å²) in [6.07, 6.45) is 0.110. The molecule has 0 radical (unpaired) electrons. The molecule has 1 atom stereocenters. The molecule has 2 aromatic carbocycles. The van der Waals surface area contributed by atoms with Crippen molar-refractivity contribution in [2.45, 2.75) is 12.3 Å². The van der Waals surface area contributed by atoms with E-state index in [4.69, 9.17) is 11.6 Å². The van der Waals surface area contributed by atoms with Crippen LogP contribution in [0.5, 0.6) is 0 Å². The van der Waals surface area contributed by atoms with Gasteiger partial charge in [-0.2, -0.15) is 0 Å². The second-order valence-corrected chi connectivity index (χ2v) is 4.58. The first-order valence-electron chi connectivity index (χ1n) is 5.76. The Labute approximate surface area is 114 Å². The van der Waals surface area contributed by atoms with Crippen LogP contribution in [0.25, 0.3) is 0 Å². The van der Waals surface area contributed by atoms with Crippen LogP contribution in [0.1, 0.15) is 17.0 Å². The fraction of sp³-hybridized carbons (Fsp3) is 0.133. The zero-order valence-electron chi connectivity index (χ0n) is 9.95. The molecule has 4 heteroatoms. The van der Waals surface area contributed by atoms with Gasteiger partial charge in [0.2, 0.25) is 5.24 Å². The Balaban J connectivity index is 2.32. The molecule has 0 saturated heterocycles. The molecule has 0 aliphatic rings. The van der Waals surface area contributed by atoms with Crippen LogP contribution < -0.4 is 0 Å². The lowest BCUT2D eigenvalue weighted by Gasteiger charge is -2.13. The Hall–Kier alpha value is -1.74. The lowest BCUT2D eigenvalue weighted by Crippen LogP contribution is -2.11. The molecule has 0 aliphatic carbocycles. The fourth-order valence-electron chi connectivity index (χ4n) is 1.94. The Kier molecular flexibility index (Phi) is 4.27. The van der Waals surface area contributed by atoms with Crippen molar-refractivity contribution in [2.75, 3.05) is 0 Å². The molecule has 0 aromatic heterocycles. The molecule has 0 fully saturated rings. The Morgan fingerprint density at radius 3 is 2.47 bits per heavy atom. The van der Waals surface area contributed by atoms with Crippen molar-refractivity contribution >= 4 is 16.8 Å². The SMILES string of the molecule is O=C(Cl)C(Cc1ccccc1F)c1cccc(F)c1. The summed E-state index contributed by atoms with van der Waals surface area (Å²) in [5.41, 5.74) is 0.828. The first-order valence-corrected chi connectivity index (χ1v) is 6.14. The third-order valence-corrected chi connectivity index (χ3v) is 3.17. The fourth-order valence-corrected chi connectivity index (χ4v) is 2.14. The third kappa shape index (κ3) is 3.38. The van der Waals surface area contributed by atoms with Crippen molar-refractivity contribution in [3.63, 3.8) is 0 Å². The van der Waals surface area contributed by atoms with E-state index in [2.05, 4.69) is 0 Å². The molecule has 0 amide bonds. The van der Waals surface area contributed by atoms with Crippen LogP contribution in [0.15, 0.2) is 48.5 Å². The first kappa shape index (κ1) is 13.7. The highest BCUT2D eigenvalue weighted by molar-refractivity contribution is 6.64. The second kappa shape index (κ2) is 5.93. The van der Waals surface area contributed by atoms with E-state index in [9.17, 15) is 13.6 Å². The summed E-state index contributed by atoms with van der Waals surface area (Å²) in [5.74, 6) is -1.61. The van der Waals surface area contributed by atoms with Gasteiger partial charge in [-0.05, 0) is 47.3 Å². The van der Waals surface area contributed by atoms with Gasteiger partial charge in [-0.25, -0.2) is 8.78 Å². The number of carbonyl (C=O) groups is 1. The predicted octanol–water partition coefficient (Wildman–Crippen LogP) is 4.06. The summed E-state index contributed by atoms with van der Waals surface area (Å²) in [5, 5.41) is -0.631. The molecule has 1 nitrogen and oxygen atoms in total. The molecular formula is C15H11ClF2O. The van der Waals surface area contributed by atoms with E-state index in [-0.39, 0.29) is 6.42 Å². The number of hydrogen-bond donors (Lipinski definition) is 0. The molecule has 0 saturated carbocycles. The topological polar surface area (TPSA) is 17.1 Å². The lowest BCUT2D eigenvalue weighted by molar-refractivity contribution is -0.113. The van der Waals surface area contributed by atoms with Crippen molar-refractivity contribution in [3.8, 4) is 0 Å². The average molecular weight is 281 g/mol. The van der Waals surface area contributed by atoms with E-state index < -0.39 is 22.8 Å². The quantitative estimate of drug-likeness (QED) is 0.772. The van der Waals surface area contributed by atoms with Gasteiger partial charge in [0.1, 0.15) is 11.6 Å². The van der Waals surface area contributed by atoms with Crippen molar-refractivity contribution in [3.05, 3.63) is 71.3 Å². The van der Waals surface area contributed by atoms with Gasteiger partial charge in [0.15, 0.2) is 0 Å². The standard InChI is InChI=1S/C15H11ClF2O/c16-15(19)13(10-5-3-6-12(17)8-10)9-11-4-1-2-7-14(11)18/h1-8,13H,9H2. The van der Waals surface area contributed by atoms with Gasteiger partial charge in [-0.15, -0.1) is 0 Å². The summed E-state index contributed by atoms with van der Waals surface area (Å²) in [4.78, 5) is 11.5. The monoisotopic (exact) mass is 280 g/mol. The molecule has 2 rings (SSSR count). The Morgan fingerprint density at radius 1 is 1.11 bits per heavy atom. The third-order valence-electron chi connectivity index (χ3n) is 2.91. The highest BCUT2D eigenvalue weighted by Crippen LogP contribution is 2.25. The van der Waals surface area contributed by atoms with Crippen LogP contribution in [-0.2, 0) is 11.2 Å². The predicted molar refractivity (Wildman–Crippen MR) is 70.1 cm³/mol. The van der Waals surface area contributed by atoms with Crippen molar-refractivity contribution in [2.24, 2.45) is 0 Å². The van der Waals surface area contributed by atoms with Crippen LogP contribution in [0.3, 0.4) is 0 Å². The van der Waals surface area contributed by atoms with E-state index in [1.807, 2.05) is 0 Å². The minimum Gasteiger partial charge on any atom is -0.281 e. The highest BCUT2D eigenvalue weighted by Gasteiger charge is 2.21. The summed E-state index contributed by atoms with van der Waals surface area (Å²) in [7, 11) is 0. The maximum absolute atomic E-state index is 13.6. The zero-order chi connectivity index (χ0) is 13.8. The van der Waals surface area contributed by atoms with Crippen LogP contribution in [-0.4, -0.2) is 5.24 Å². The van der Waals surface area contributed by atoms with Gasteiger partial charge < -0.3 is 0 Å². The molecule has 2 aromatic rings. The van der Waals surface area contributed by atoms with E-state index in [1.165, 1.54) is 24.3 Å². The average Bonchev–Trinajstić information content (AvgIpc) is 2.37.